The predicted octanol–water partition coefficient (Wildman–Crippen LogP) is 1.22. The maximum atomic E-state index is 11.8. The van der Waals surface area contributed by atoms with E-state index in [4.69, 9.17) is 10.5 Å². The molecule has 2 saturated carbocycles. The van der Waals surface area contributed by atoms with E-state index in [-0.39, 0.29) is 24.4 Å². The Balaban J connectivity index is 0.00000144. The summed E-state index contributed by atoms with van der Waals surface area (Å²) >= 11 is 0. The molecule has 100 valence electrons. The Kier molecular flexibility index (Phi) is 5.70. The first-order chi connectivity index (χ1) is 7.72. The quantitative estimate of drug-likeness (QED) is 0.783. The molecule has 2 rings (SSSR count). The van der Waals surface area contributed by atoms with E-state index < -0.39 is 6.04 Å². The highest BCUT2D eigenvalue weighted by molar-refractivity contribution is 5.85. The van der Waals surface area contributed by atoms with Crippen molar-refractivity contribution in [3.05, 3.63) is 0 Å². The number of methoxy groups -OCH3 is 1. The number of carbonyl (C=O) groups excluding carboxylic acids is 1. The van der Waals surface area contributed by atoms with Crippen LogP contribution in [0, 0.1) is 5.92 Å². The van der Waals surface area contributed by atoms with Gasteiger partial charge in [0.15, 0.2) is 0 Å². The molecule has 0 aromatic carbocycles. The van der Waals surface area contributed by atoms with Crippen LogP contribution in [0.3, 0.4) is 0 Å². The third-order valence-electron chi connectivity index (χ3n) is 3.72. The highest BCUT2D eigenvalue weighted by Crippen LogP contribution is 2.30. The average Bonchev–Trinajstić information content (AvgIpc) is 2.93. The van der Waals surface area contributed by atoms with E-state index in [1.165, 1.54) is 12.8 Å². The van der Waals surface area contributed by atoms with Crippen molar-refractivity contribution >= 4 is 18.3 Å². The summed E-state index contributed by atoms with van der Waals surface area (Å²) in [5.74, 6) is 0.422. The standard InChI is InChI=1S/C12H22N2O2.ClH/c1-16-11(8-4-2-3-5-8)10(13)12(15)14-9-6-7-9;/h8-11H,2-7,13H2,1H3,(H,14,15);1H/t10-,11+;/m0./s1. The number of carbonyl (C=O) groups is 1. The first-order valence-electron chi connectivity index (χ1n) is 6.31. The fraction of sp³-hybridized carbons (Fsp3) is 0.917. The molecular weight excluding hydrogens is 240 g/mol. The Morgan fingerprint density at radius 1 is 1.29 bits per heavy atom. The normalized spacial score (nSPS) is 23.9. The lowest BCUT2D eigenvalue weighted by Gasteiger charge is -2.27. The van der Waals surface area contributed by atoms with Crippen molar-refractivity contribution in [1.82, 2.24) is 5.32 Å². The van der Waals surface area contributed by atoms with E-state index in [0.29, 0.717) is 12.0 Å². The smallest absolute Gasteiger partial charge is 0.239 e. The number of rotatable bonds is 5. The molecule has 17 heavy (non-hydrogen) atoms. The number of amides is 1. The second-order valence-electron chi connectivity index (χ2n) is 5.05. The zero-order chi connectivity index (χ0) is 11.5. The van der Waals surface area contributed by atoms with Crippen LogP contribution in [0.15, 0.2) is 0 Å². The van der Waals surface area contributed by atoms with E-state index in [0.717, 1.165) is 25.7 Å². The minimum absolute atomic E-state index is 0. The molecule has 0 aliphatic heterocycles. The predicted molar refractivity (Wildman–Crippen MR) is 69.1 cm³/mol. The van der Waals surface area contributed by atoms with Gasteiger partial charge in [0.05, 0.1) is 6.10 Å². The topological polar surface area (TPSA) is 64.3 Å². The maximum absolute atomic E-state index is 11.8. The Morgan fingerprint density at radius 3 is 2.35 bits per heavy atom. The largest absolute Gasteiger partial charge is 0.379 e. The van der Waals surface area contributed by atoms with Gasteiger partial charge in [0, 0.05) is 13.2 Å². The molecule has 0 heterocycles. The summed E-state index contributed by atoms with van der Waals surface area (Å²) in [6.07, 6.45) is 6.84. The number of ether oxygens (including phenoxy) is 1. The molecule has 0 spiro atoms. The lowest BCUT2D eigenvalue weighted by atomic mass is 9.94. The molecule has 0 bridgehead atoms. The SMILES string of the molecule is CO[C@H](C1CCCC1)[C@H](N)C(=O)NC1CC1.Cl. The van der Waals surface area contributed by atoms with Gasteiger partial charge in [0.2, 0.25) is 5.91 Å². The Bertz CT molecular complexity index is 253. The summed E-state index contributed by atoms with van der Waals surface area (Å²) in [4.78, 5) is 11.8. The molecule has 0 aromatic heterocycles. The summed E-state index contributed by atoms with van der Waals surface area (Å²) in [7, 11) is 1.66. The highest BCUT2D eigenvalue weighted by Gasteiger charge is 2.35. The third kappa shape index (κ3) is 3.83. The van der Waals surface area contributed by atoms with Gasteiger partial charge >= 0.3 is 0 Å². The molecular formula is C12H23ClN2O2. The minimum Gasteiger partial charge on any atom is -0.379 e. The van der Waals surface area contributed by atoms with E-state index >= 15 is 0 Å². The summed E-state index contributed by atoms with van der Waals surface area (Å²) in [5, 5.41) is 2.95. The van der Waals surface area contributed by atoms with Gasteiger partial charge in [-0.25, -0.2) is 0 Å². The second kappa shape index (κ2) is 6.57. The van der Waals surface area contributed by atoms with Crippen molar-refractivity contribution in [3.8, 4) is 0 Å². The number of hydrogen-bond donors (Lipinski definition) is 2. The molecule has 1 amide bonds. The minimum atomic E-state index is -0.506. The molecule has 0 unspecified atom stereocenters. The van der Waals surface area contributed by atoms with Gasteiger partial charge in [-0.3, -0.25) is 4.79 Å². The van der Waals surface area contributed by atoms with Crippen LogP contribution in [-0.4, -0.2) is 31.2 Å². The molecule has 2 atom stereocenters. The summed E-state index contributed by atoms with van der Waals surface area (Å²) in [5.41, 5.74) is 5.99. The van der Waals surface area contributed by atoms with Crippen LogP contribution in [0.4, 0.5) is 0 Å². The van der Waals surface area contributed by atoms with Crippen molar-refractivity contribution in [1.29, 1.82) is 0 Å². The van der Waals surface area contributed by atoms with Gasteiger partial charge in [0.25, 0.3) is 0 Å². The monoisotopic (exact) mass is 262 g/mol. The zero-order valence-corrected chi connectivity index (χ0v) is 11.2. The van der Waals surface area contributed by atoms with Gasteiger partial charge in [0.1, 0.15) is 6.04 Å². The van der Waals surface area contributed by atoms with Crippen LogP contribution in [-0.2, 0) is 9.53 Å². The molecule has 5 heteroatoms. The van der Waals surface area contributed by atoms with Crippen LogP contribution >= 0.6 is 12.4 Å². The van der Waals surface area contributed by atoms with Gasteiger partial charge < -0.3 is 15.8 Å². The van der Waals surface area contributed by atoms with Crippen molar-refractivity contribution in [2.75, 3.05) is 7.11 Å². The van der Waals surface area contributed by atoms with Gasteiger partial charge in [-0.1, -0.05) is 12.8 Å². The third-order valence-corrected chi connectivity index (χ3v) is 3.72. The summed E-state index contributed by atoms with van der Waals surface area (Å²) in [6.45, 7) is 0. The van der Waals surface area contributed by atoms with Crippen molar-refractivity contribution in [2.24, 2.45) is 11.7 Å². The van der Waals surface area contributed by atoms with Crippen molar-refractivity contribution < 1.29 is 9.53 Å². The molecule has 2 fully saturated rings. The molecule has 3 N–H and O–H groups in total. The van der Waals surface area contributed by atoms with E-state index in [2.05, 4.69) is 5.32 Å². The van der Waals surface area contributed by atoms with E-state index in [1.54, 1.807) is 7.11 Å². The van der Waals surface area contributed by atoms with Crippen LogP contribution < -0.4 is 11.1 Å². The number of halogens is 1. The van der Waals surface area contributed by atoms with E-state index in [1.807, 2.05) is 0 Å². The van der Waals surface area contributed by atoms with Gasteiger partial charge in [-0.05, 0) is 31.6 Å². The van der Waals surface area contributed by atoms with Crippen molar-refractivity contribution in [2.45, 2.75) is 56.7 Å². The Morgan fingerprint density at radius 2 is 1.88 bits per heavy atom. The second-order valence-corrected chi connectivity index (χ2v) is 5.05. The molecule has 4 nitrogen and oxygen atoms in total. The Hall–Kier alpha value is -0.320. The molecule has 2 aliphatic carbocycles. The number of hydrogen-bond acceptors (Lipinski definition) is 3. The zero-order valence-electron chi connectivity index (χ0n) is 10.4. The fourth-order valence-electron chi connectivity index (χ4n) is 2.59. The lowest BCUT2D eigenvalue weighted by Crippen LogP contribution is -2.51. The summed E-state index contributed by atoms with van der Waals surface area (Å²) < 4.78 is 5.43. The first-order valence-corrected chi connectivity index (χ1v) is 6.31. The first kappa shape index (κ1) is 14.7. The summed E-state index contributed by atoms with van der Waals surface area (Å²) in [6, 6.07) is -0.131. The average molecular weight is 263 g/mol. The van der Waals surface area contributed by atoms with Crippen LogP contribution in [0.5, 0.6) is 0 Å². The van der Waals surface area contributed by atoms with Crippen LogP contribution in [0.2, 0.25) is 0 Å². The van der Waals surface area contributed by atoms with Gasteiger partial charge in [-0.15, -0.1) is 12.4 Å². The van der Waals surface area contributed by atoms with Crippen LogP contribution in [0.25, 0.3) is 0 Å². The fourth-order valence-corrected chi connectivity index (χ4v) is 2.59. The Labute approximate surface area is 109 Å². The molecule has 0 saturated heterocycles. The highest BCUT2D eigenvalue weighted by atomic mass is 35.5. The molecule has 2 aliphatic rings. The molecule has 0 aromatic rings. The van der Waals surface area contributed by atoms with Crippen LogP contribution in [0.1, 0.15) is 38.5 Å². The number of nitrogens with one attached hydrogen (secondary N) is 1. The van der Waals surface area contributed by atoms with E-state index in [9.17, 15) is 4.79 Å². The maximum Gasteiger partial charge on any atom is 0.239 e. The number of nitrogens with two attached hydrogens (primary N) is 1. The molecule has 0 radical (unpaired) electrons. The van der Waals surface area contributed by atoms with Gasteiger partial charge in [-0.2, -0.15) is 0 Å². The van der Waals surface area contributed by atoms with Crippen molar-refractivity contribution in [3.63, 3.8) is 0 Å². The lowest BCUT2D eigenvalue weighted by molar-refractivity contribution is -0.126.